The molecule has 0 aliphatic carbocycles. The number of rotatable bonds is 6. The molecule has 3 heterocycles. The first-order valence-electron chi connectivity index (χ1n) is 10.2. The van der Waals surface area contributed by atoms with Crippen LogP contribution in [0, 0.1) is 12.8 Å². The molecule has 2 atom stereocenters. The summed E-state index contributed by atoms with van der Waals surface area (Å²) in [4.78, 5) is 28.6. The van der Waals surface area contributed by atoms with Crippen molar-refractivity contribution in [3.8, 4) is 5.75 Å². The zero-order valence-electron chi connectivity index (χ0n) is 16.9. The summed E-state index contributed by atoms with van der Waals surface area (Å²) in [6.45, 7) is 8.69. The predicted molar refractivity (Wildman–Crippen MR) is 106 cm³/mol. The molecular formula is C22H32N2O3. The molecule has 0 spiro atoms. The maximum Gasteiger partial charge on any atom is 0.222 e. The number of benzene rings is 1. The van der Waals surface area contributed by atoms with Gasteiger partial charge in [-0.15, -0.1) is 0 Å². The quantitative estimate of drug-likeness (QED) is 0.771. The Morgan fingerprint density at radius 1 is 1.19 bits per heavy atom. The number of aryl methyl sites for hydroxylation is 2. The number of hydrogen-bond acceptors (Lipinski definition) is 3. The second kappa shape index (κ2) is 8.77. The first-order valence-corrected chi connectivity index (χ1v) is 10.2. The Kier molecular flexibility index (Phi) is 6.40. The summed E-state index contributed by atoms with van der Waals surface area (Å²) in [5, 5.41) is 0. The molecule has 3 aliphatic heterocycles. The number of ether oxygens (including phenoxy) is 1. The van der Waals surface area contributed by atoms with Crippen LogP contribution in [0.1, 0.15) is 50.7 Å². The van der Waals surface area contributed by atoms with Crippen LogP contribution >= 0.6 is 0 Å². The molecule has 0 saturated carbocycles. The smallest absolute Gasteiger partial charge is 0.222 e. The fourth-order valence-electron chi connectivity index (χ4n) is 4.42. The molecule has 1 aromatic rings. The molecule has 1 aromatic carbocycles. The van der Waals surface area contributed by atoms with Crippen LogP contribution in [0.25, 0.3) is 0 Å². The second-order valence-electron chi connectivity index (χ2n) is 7.95. The fraction of sp³-hybridized carbons (Fsp3) is 0.636. The van der Waals surface area contributed by atoms with E-state index < -0.39 is 0 Å². The number of amides is 2. The van der Waals surface area contributed by atoms with E-state index in [4.69, 9.17) is 4.74 Å². The summed E-state index contributed by atoms with van der Waals surface area (Å²) in [5.41, 5.74) is 2.40. The van der Waals surface area contributed by atoms with Crippen molar-refractivity contribution in [3.05, 3.63) is 29.3 Å². The number of carbonyl (C=O) groups excluding carboxylic acids is 2. The zero-order chi connectivity index (χ0) is 19.4. The van der Waals surface area contributed by atoms with E-state index in [0.717, 1.165) is 50.1 Å². The molecule has 3 aliphatic rings. The largest absolute Gasteiger partial charge is 0.494 e. The monoisotopic (exact) mass is 372 g/mol. The first-order chi connectivity index (χ1) is 13.0. The summed E-state index contributed by atoms with van der Waals surface area (Å²) in [7, 11) is 0. The van der Waals surface area contributed by atoms with E-state index in [9.17, 15) is 9.59 Å². The van der Waals surface area contributed by atoms with E-state index in [1.54, 1.807) is 6.92 Å². The highest BCUT2D eigenvalue weighted by Crippen LogP contribution is 2.29. The Labute approximate surface area is 162 Å². The van der Waals surface area contributed by atoms with Crippen LogP contribution in [0.4, 0.5) is 0 Å². The van der Waals surface area contributed by atoms with Gasteiger partial charge in [-0.2, -0.15) is 0 Å². The van der Waals surface area contributed by atoms with Crippen molar-refractivity contribution >= 4 is 11.8 Å². The molecule has 3 saturated heterocycles. The Bertz CT molecular complexity index is 688. The number of hydrogen-bond donors (Lipinski definition) is 0. The summed E-state index contributed by atoms with van der Waals surface area (Å²) in [6, 6.07) is 6.49. The fourth-order valence-corrected chi connectivity index (χ4v) is 4.42. The van der Waals surface area contributed by atoms with E-state index in [1.807, 2.05) is 17.9 Å². The highest BCUT2D eigenvalue weighted by atomic mass is 16.5. The van der Waals surface area contributed by atoms with Crippen LogP contribution in [0.5, 0.6) is 5.75 Å². The SMILES string of the molecule is CCOc1ccc(CCCC(=O)N2CC3CCC2CN(C(C)=O)C3)cc1C. The van der Waals surface area contributed by atoms with Crippen LogP contribution in [0.3, 0.4) is 0 Å². The van der Waals surface area contributed by atoms with Crippen molar-refractivity contribution in [3.63, 3.8) is 0 Å². The minimum Gasteiger partial charge on any atom is -0.494 e. The lowest BCUT2D eigenvalue weighted by molar-refractivity contribution is -0.136. The van der Waals surface area contributed by atoms with E-state index in [0.29, 0.717) is 25.5 Å². The van der Waals surface area contributed by atoms with E-state index >= 15 is 0 Å². The third kappa shape index (κ3) is 4.82. The zero-order valence-corrected chi connectivity index (χ0v) is 16.9. The van der Waals surface area contributed by atoms with Gasteiger partial charge in [0.05, 0.1) is 6.61 Å². The number of nitrogens with zero attached hydrogens (tertiary/aromatic N) is 2. The molecular weight excluding hydrogens is 340 g/mol. The van der Waals surface area contributed by atoms with Crippen molar-refractivity contribution < 1.29 is 14.3 Å². The molecule has 2 amide bonds. The van der Waals surface area contributed by atoms with Gasteiger partial charge in [-0.1, -0.05) is 12.1 Å². The Morgan fingerprint density at radius 3 is 2.70 bits per heavy atom. The van der Waals surface area contributed by atoms with Crippen LogP contribution in [-0.2, 0) is 16.0 Å². The van der Waals surface area contributed by atoms with E-state index in [-0.39, 0.29) is 17.9 Å². The molecule has 2 bridgehead atoms. The third-order valence-corrected chi connectivity index (χ3v) is 5.87. The Morgan fingerprint density at radius 2 is 2.00 bits per heavy atom. The lowest BCUT2D eigenvalue weighted by Crippen LogP contribution is -2.47. The van der Waals surface area contributed by atoms with Crippen LogP contribution in [-0.4, -0.2) is 53.9 Å². The lowest BCUT2D eigenvalue weighted by atomic mass is 9.94. The minimum atomic E-state index is 0.132. The van der Waals surface area contributed by atoms with Gasteiger partial charge in [-0.05, 0) is 62.6 Å². The molecule has 0 aromatic heterocycles. The molecule has 148 valence electrons. The van der Waals surface area contributed by atoms with Gasteiger partial charge in [0.2, 0.25) is 11.8 Å². The maximum atomic E-state index is 12.8. The topological polar surface area (TPSA) is 49.9 Å². The molecule has 4 rings (SSSR count). The third-order valence-electron chi connectivity index (χ3n) is 5.87. The Hall–Kier alpha value is -2.04. The molecule has 0 radical (unpaired) electrons. The normalized spacial score (nSPS) is 21.9. The standard InChI is InChI=1S/C22H32N2O3/c1-4-27-21-11-9-18(12-16(21)2)6-5-7-22(26)24-14-19-8-10-20(24)15-23(13-19)17(3)25/h9,11-12,19-20H,4-8,10,13-15H2,1-3H3. The van der Waals surface area contributed by atoms with Crippen molar-refractivity contribution in [2.24, 2.45) is 5.92 Å². The van der Waals surface area contributed by atoms with Gasteiger partial charge in [-0.3, -0.25) is 9.59 Å². The average molecular weight is 373 g/mol. The molecule has 27 heavy (non-hydrogen) atoms. The van der Waals surface area contributed by atoms with Crippen molar-refractivity contribution in [1.29, 1.82) is 0 Å². The summed E-state index contributed by atoms with van der Waals surface area (Å²) < 4.78 is 5.59. The highest BCUT2D eigenvalue weighted by molar-refractivity contribution is 5.77. The number of carbonyl (C=O) groups is 2. The average Bonchev–Trinajstić information content (AvgIpc) is 2.96. The second-order valence-corrected chi connectivity index (χ2v) is 7.95. The molecule has 2 unspecified atom stereocenters. The minimum absolute atomic E-state index is 0.132. The van der Waals surface area contributed by atoms with Gasteiger partial charge in [0.15, 0.2) is 0 Å². The number of piperidine rings is 1. The lowest BCUT2D eigenvalue weighted by Gasteiger charge is -2.36. The van der Waals surface area contributed by atoms with Gasteiger partial charge in [0.1, 0.15) is 5.75 Å². The van der Waals surface area contributed by atoms with Gasteiger partial charge in [-0.25, -0.2) is 0 Å². The molecule has 0 N–H and O–H groups in total. The Balaban J connectivity index is 1.52. The molecule has 5 heteroatoms. The first kappa shape index (κ1) is 19.7. The van der Waals surface area contributed by atoms with Gasteiger partial charge < -0.3 is 14.5 Å². The maximum absolute atomic E-state index is 12.8. The molecule has 5 nitrogen and oxygen atoms in total. The predicted octanol–water partition coefficient (Wildman–Crippen LogP) is 3.19. The highest BCUT2D eigenvalue weighted by Gasteiger charge is 2.37. The van der Waals surface area contributed by atoms with Crippen LogP contribution in [0.2, 0.25) is 0 Å². The van der Waals surface area contributed by atoms with Crippen LogP contribution < -0.4 is 4.74 Å². The van der Waals surface area contributed by atoms with Crippen molar-refractivity contribution in [2.75, 3.05) is 26.2 Å². The van der Waals surface area contributed by atoms with Crippen LogP contribution in [0.15, 0.2) is 18.2 Å². The van der Waals surface area contributed by atoms with Crippen molar-refractivity contribution in [2.45, 2.75) is 58.9 Å². The number of fused-ring (bicyclic) bond motifs is 4. The van der Waals surface area contributed by atoms with Gasteiger partial charge in [0, 0.05) is 39.0 Å². The van der Waals surface area contributed by atoms with Crippen molar-refractivity contribution in [1.82, 2.24) is 9.80 Å². The summed E-state index contributed by atoms with van der Waals surface area (Å²) in [6.07, 6.45) is 4.49. The van der Waals surface area contributed by atoms with Gasteiger partial charge in [0.25, 0.3) is 0 Å². The summed E-state index contributed by atoms with van der Waals surface area (Å²) >= 11 is 0. The van der Waals surface area contributed by atoms with E-state index in [2.05, 4.69) is 24.0 Å². The van der Waals surface area contributed by atoms with Gasteiger partial charge >= 0.3 is 0 Å². The van der Waals surface area contributed by atoms with E-state index in [1.165, 1.54) is 5.56 Å². The molecule has 3 fully saturated rings. The summed E-state index contributed by atoms with van der Waals surface area (Å²) in [5.74, 6) is 1.75.